The lowest BCUT2D eigenvalue weighted by Crippen LogP contribution is -2.30. The van der Waals surface area contributed by atoms with Gasteiger partial charge < -0.3 is 11.1 Å². The number of nitrogens with one attached hydrogen (secondary N) is 1. The van der Waals surface area contributed by atoms with Gasteiger partial charge in [0.25, 0.3) is 0 Å². The van der Waals surface area contributed by atoms with Gasteiger partial charge in [-0.1, -0.05) is 54.2 Å². The van der Waals surface area contributed by atoms with Gasteiger partial charge in [0.05, 0.1) is 5.57 Å². The van der Waals surface area contributed by atoms with E-state index in [0.717, 1.165) is 5.56 Å². The number of allylic oxidation sites excluding steroid dienone is 2. The molecule has 3 rings (SSSR count). The Balaban J connectivity index is 2.04. The summed E-state index contributed by atoms with van der Waals surface area (Å²) in [5.41, 5.74) is 7.81. The first-order valence-corrected chi connectivity index (χ1v) is 8.34. The van der Waals surface area contributed by atoms with E-state index in [0.29, 0.717) is 22.4 Å². The molecule has 0 bridgehead atoms. The van der Waals surface area contributed by atoms with Crippen LogP contribution in [0.4, 0.5) is 5.95 Å². The molecule has 3 N–H and O–H groups in total. The second-order valence-electron chi connectivity index (χ2n) is 5.11. The molecule has 1 aliphatic rings. The average Bonchev–Trinajstić information content (AvgIpc) is 2.95. The molecule has 7 heteroatoms. The molecule has 0 spiro atoms. The highest BCUT2D eigenvalue weighted by atomic mass is 32.2. The number of fused-ring (bicyclic) bond motifs is 1. The molecule has 118 valence electrons. The zero-order valence-corrected chi connectivity index (χ0v) is 13.7. The number of carbonyl (C=O) groups is 1. The number of anilines is 1. The van der Waals surface area contributed by atoms with E-state index in [1.807, 2.05) is 55.7 Å². The molecule has 1 aliphatic heterocycles. The van der Waals surface area contributed by atoms with Crippen LogP contribution < -0.4 is 11.1 Å². The molecule has 1 amide bonds. The van der Waals surface area contributed by atoms with E-state index in [1.54, 1.807) is 4.68 Å². The van der Waals surface area contributed by atoms with E-state index in [2.05, 4.69) is 15.4 Å². The normalized spacial score (nSPS) is 17.2. The Morgan fingerprint density at radius 1 is 1.39 bits per heavy atom. The van der Waals surface area contributed by atoms with Crippen molar-refractivity contribution in [1.82, 2.24) is 14.8 Å². The maximum atomic E-state index is 11.9. The number of primary amides is 1. The maximum absolute atomic E-state index is 11.9. The van der Waals surface area contributed by atoms with Gasteiger partial charge in [0.1, 0.15) is 6.04 Å². The SMILES string of the molecule is CSc1nc2n(n1)C(C=Cc1ccccc1)C(C(N)=O)=C(C)N2. The van der Waals surface area contributed by atoms with E-state index in [4.69, 9.17) is 5.73 Å². The average molecular weight is 327 g/mol. The number of nitrogens with zero attached hydrogens (tertiary/aromatic N) is 3. The summed E-state index contributed by atoms with van der Waals surface area (Å²) < 4.78 is 1.69. The predicted molar refractivity (Wildman–Crippen MR) is 91.8 cm³/mol. The summed E-state index contributed by atoms with van der Waals surface area (Å²) in [5.74, 6) is 0.143. The summed E-state index contributed by atoms with van der Waals surface area (Å²) in [6.45, 7) is 1.82. The second kappa shape index (κ2) is 6.29. The topological polar surface area (TPSA) is 85.8 Å². The lowest BCUT2D eigenvalue weighted by molar-refractivity contribution is -0.115. The van der Waals surface area contributed by atoms with Gasteiger partial charge in [0.2, 0.25) is 17.0 Å². The Kier molecular flexibility index (Phi) is 4.20. The first-order chi connectivity index (χ1) is 11.1. The van der Waals surface area contributed by atoms with E-state index < -0.39 is 5.91 Å². The van der Waals surface area contributed by atoms with Gasteiger partial charge in [-0.3, -0.25) is 4.79 Å². The number of carbonyl (C=O) groups excluding carboxylic acids is 1. The molecule has 0 radical (unpaired) electrons. The summed E-state index contributed by atoms with van der Waals surface area (Å²) in [5, 5.41) is 8.18. The van der Waals surface area contributed by atoms with Gasteiger partial charge in [-0.25, -0.2) is 4.68 Å². The van der Waals surface area contributed by atoms with Crippen molar-refractivity contribution in [1.29, 1.82) is 0 Å². The quantitative estimate of drug-likeness (QED) is 0.842. The number of thioether (sulfide) groups is 1. The van der Waals surface area contributed by atoms with Crippen LogP contribution in [0.5, 0.6) is 0 Å². The molecule has 1 aromatic heterocycles. The number of hydrogen-bond donors (Lipinski definition) is 2. The molecule has 23 heavy (non-hydrogen) atoms. The van der Waals surface area contributed by atoms with Crippen molar-refractivity contribution >= 4 is 29.7 Å². The van der Waals surface area contributed by atoms with E-state index >= 15 is 0 Å². The zero-order valence-electron chi connectivity index (χ0n) is 12.9. The van der Waals surface area contributed by atoms with Crippen molar-refractivity contribution in [2.24, 2.45) is 5.73 Å². The number of aromatic nitrogens is 3. The molecule has 1 unspecified atom stereocenters. The van der Waals surface area contributed by atoms with Crippen molar-refractivity contribution in [3.63, 3.8) is 0 Å². The minimum atomic E-state index is -0.468. The molecule has 0 saturated carbocycles. The third-order valence-electron chi connectivity index (χ3n) is 3.59. The van der Waals surface area contributed by atoms with E-state index in [9.17, 15) is 4.79 Å². The monoisotopic (exact) mass is 327 g/mol. The Labute approximate surface area is 138 Å². The van der Waals surface area contributed by atoms with Crippen LogP contribution in [0, 0.1) is 0 Å². The molecule has 2 heterocycles. The Morgan fingerprint density at radius 2 is 2.13 bits per heavy atom. The highest BCUT2D eigenvalue weighted by Gasteiger charge is 2.30. The molecule has 0 fully saturated rings. The molecular formula is C16H17N5OS. The molecule has 2 aromatic rings. The van der Waals surface area contributed by atoms with Crippen molar-refractivity contribution in [3.8, 4) is 0 Å². The van der Waals surface area contributed by atoms with Crippen molar-refractivity contribution < 1.29 is 4.79 Å². The summed E-state index contributed by atoms with van der Waals surface area (Å²) in [6.07, 6.45) is 5.78. The Bertz CT molecular complexity index is 794. The van der Waals surface area contributed by atoms with Gasteiger partial charge in [-0.15, -0.1) is 5.10 Å². The maximum Gasteiger partial charge on any atom is 0.248 e. The highest BCUT2D eigenvalue weighted by Crippen LogP contribution is 2.32. The number of hydrogen-bond acceptors (Lipinski definition) is 5. The Morgan fingerprint density at radius 3 is 2.78 bits per heavy atom. The van der Waals surface area contributed by atoms with Crippen LogP contribution >= 0.6 is 11.8 Å². The summed E-state index contributed by atoms with van der Waals surface area (Å²) in [4.78, 5) is 16.3. The van der Waals surface area contributed by atoms with Gasteiger partial charge in [0.15, 0.2) is 0 Å². The predicted octanol–water partition coefficient (Wildman–Crippen LogP) is 2.44. The van der Waals surface area contributed by atoms with Gasteiger partial charge in [-0.05, 0) is 18.7 Å². The van der Waals surface area contributed by atoms with Gasteiger partial charge in [0, 0.05) is 5.70 Å². The second-order valence-corrected chi connectivity index (χ2v) is 5.88. The van der Waals surface area contributed by atoms with Crippen LogP contribution in [0.15, 0.2) is 52.8 Å². The molecule has 0 saturated heterocycles. The number of rotatable bonds is 4. The van der Waals surface area contributed by atoms with E-state index in [1.165, 1.54) is 11.8 Å². The molecule has 1 aromatic carbocycles. The van der Waals surface area contributed by atoms with Crippen LogP contribution in [-0.2, 0) is 4.79 Å². The highest BCUT2D eigenvalue weighted by molar-refractivity contribution is 7.98. The summed E-state index contributed by atoms with van der Waals surface area (Å²) >= 11 is 1.45. The van der Waals surface area contributed by atoms with Crippen LogP contribution in [0.2, 0.25) is 0 Å². The summed E-state index contributed by atoms with van der Waals surface area (Å²) in [7, 11) is 0. The van der Waals surface area contributed by atoms with Gasteiger partial charge in [-0.2, -0.15) is 4.98 Å². The van der Waals surface area contributed by atoms with Gasteiger partial charge >= 0.3 is 0 Å². The molecule has 0 aliphatic carbocycles. The van der Waals surface area contributed by atoms with Crippen molar-refractivity contribution in [2.45, 2.75) is 18.1 Å². The number of amides is 1. The number of nitrogens with two attached hydrogens (primary N) is 1. The van der Waals surface area contributed by atoms with Crippen molar-refractivity contribution in [2.75, 3.05) is 11.6 Å². The van der Waals surface area contributed by atoms with Crippen LogP contribution in [-0.4, -0.2) is 26.9 Å². The fourth-order valence-corrected chi connectivity index (χ4v) is 2.87. The smallest absolute Gasteiger partial charge is 0.248 e. The minimum Gasteiger partial charge on any atom is -0.366 e. The number of benzene rings is 1. The molecule has 6 nitrogen and oxygen atoms in total. The Hall–Kier alpha value is -2.54. The minimum absolute atomic E-state index is 0.377. The third-order valence-corrected chi connectivity index (χ3v) is 4.13. The molecule has 1 atom stereocenters. The first-order valence-electron chi connectivity index (χ1n) is 7.11. The zero-order chi connectivity index (χ0) is 16.4. The van der Waals surface area contributed by atoms with Crippen LogP contribution in [0.1, 0.15) is 18.5 Å². The fraction of sp³-hybridized carbons (Fsp3) is 0.188. The fourth-order valence-electron chi connectivity index (χ4n) is 2.52. The van der Waals surface area contributed by atoms with E-state index in [-0.39, 0.29) is 6.04 Å². The molecular weight excluding hydrogens is 310 g/mol. The third kappa shape index (κ3) is 3.00. The van der Waals surface area contributed by atoms with Crippen LogP contribution in [0.25, 0.3) is 6.08 Å². The van der Waals surface area contributed by atoms with Crippen molar-refractivity contribution in [3.05, 3.63) is 53.2 Å². The lowest BCUT2D eigenvalue weighted by Gasteiger charge is -2.25. The summed E-state index contributed by atoms with van der Waals surface area (Å²) in [6, 6.07) is 9.50. The first kappa shape index (κ1) is 15.4. The standard InChI is InChI=1S/C16H17N5OS/c1-10-13(14(17)22)12(9-8-11-6-4-3-5-7-11)21-15(18-10)19-16(20-21)23-2/h3-9,12H,1-2H3,(H2,17,22)(H,18,19,20). The van der Waals surface area contributed by atoms with Crippen LogP contribution in [0.3, 0.4) is 0 Å². The lowest BCUT2D eigenvalue weighted by atomic mass is 10.0. The largest absolute Gasteiger partial charge is 0.366 e.